The van der Waals surface area contributed by atoms with Crippen molar-refractivity contribution in [1.82, 2.24) is 0 Å². The molecular weight excluding hydrogens is 144 g/mol. The van der Waals surface area contributed by atoms with Gasteiger partial charge in [0, 0.05) is 0 Å². The molecule has 0 spiro atoms. The highest BCUT2D eigenvalue weighted by atomic mass is 14.1. The lowest BCUT2D eigenvalue weighted by atomic mass is 9.89. The summed E-state index contributed by atoms with van der Waals surface area (Å²) in [5.74, 6) is 0.945. The zero-order valence-electron chi connectivity index (χ0n) is 9.19. The van der Waals surface area contributed by atoms with E-state index in [1.54, 1.807) is 5.57 Å². The van der Waals surface area contributed by atoms with Crippen LogP contribution in [0.1, 0.15) is 59.8 Å². The summed E-state index contributed by atoms with van der Waals surface area (Å²) in [6, 6.07) is 0. The molecule has 0 radical (unpaired) electrons. The Bertz CT molecular complexity index is 122. The van der Waals surface area contributed by atoms with Gasteiger partial charge in [-0.1, -0.05) is 45.8 Å². The van der Waals surface area contributed by atoms with Gasteiger partial charge < -0.3 is 0 Å². The van der Waals surface area contributed by atoms with Gasteiger partial charge >= 0.3 is 0 Å². The SMILES string of the molecule is CC.CCCC1=CCC(C)CC1. The minimum absolute atomic E-state index is 0.945. The summed E-state index contributed by atoms with van der Waals surface area (Å²) in [7, 11) is 0. The van der Waals surface area contributed by atoms with E-state index in [0.717, 1.165) is 5.92 Å². The summed E-state index contributed by atoms with van der Waals surface area (Å²) in [6.07, 6.45) is 9.24. The van der Waals surface area contributed by atoms with Crippen molar-refractivity contribution in [3.63, 3.8) is 0 Å². The van der Waals surface area contributed by atoms with Crippen LogP contribution in [0.3, 0.4) is 0 Å². The zero-order valence-corrected chi connectivity index (χ0v) is 9.19. The Kier molecular flexibility index (Phi) is 7.23. The van der Waals surface area contributed by atoms with E-state index >= 15 is 0 Å². The minimum Gasteiger partial charge on any atom is -0.0851 e. The first-order valence-corrected chi connectivity index (χ1v) is 5.50. The molecule has 0 aliphatic heterocycles. The van der Waals surface area contributed by atoms with Crippen LogP contribution in [0.4, 0.5) is 0 Å². The molecule has 0 aromatic carbocycles. The van der Waals surface area contributed by atoms with Crippen LogP contribution in [-0.2, 0) is 0 Å². The van der Waals surface area contributed by atoms with Gasteiger partial charge in [-0.05, 0) is 31.6 Å². The Morgan fingerprint density at radius 1 is 1.42 bits per heavy atom. The first-order valence-electron chi connectivity index (χ1n) is 5.50. The summed E-state index contributed by atoms with van der Waals surface area (Å²) in [5, 5.41) is 0. The number of hydrogen-bond acceptors (Lipinski definition) is 0. The molecule has 0 N–H and O–H groups in total. The van der Waals surface area contributed by atoms with Crippen LogP contribution in [0, 0.1) is 5.92 Å². The molecule has 1 rings (SSSR count). The summed E-state index contributed by atoms with van der Waals surface area (Å²) >= 11 is 0. The van der Waals surface area contributed by atoms with Gasteiger partial charge in [-0.25, -0.2) is 0 Å². The maximum atomic E-state index is 2.46. The maximum absolute atomic E-state index is 2.46. The second-order valence-electron chi connectivity index (χ2n) is 3.49. The van der Waals surface area contributed by atoms with E-state index in [9.17, 15) is 0 Å². The van der Waals surface area contributed by atoms with E-state index in [2.05, 4.69) is 19.9 Å². The Morgan fingerprint density at radius 2 is 2.08 bits per heavy atom. The normalized spacial score (nSPS) is 22.3. The van der Waals surface area contributed by atoms with Crippen LogP contribution in [0.25, 0.3) is 0 Å². The molecule has 1 atom stereocenters. The number of rotatable bonds is 2. The van der Waals surface area contributed by atoms with E-state index in [0.29, 0.717) is 0 Å². The van der Waals surface area contributed by atoms with Gasteiger partial charge in [-0.2, -0.15) is 0 Å². The Morgan fingerprint density at radius 3 is 2.50 bits per heavy atom. The standard InChI is InChI=1S/C10H18.C2H6/c1-3-4-10-7-5-9(2)6-8-10;1-2/h7,9H,3-6,8H2,1-2H3;1-2H3. The second-order valence-corrected chi connectivity index (χ2v) is 3.49. The van der Waals surface area contributed by atoms with Crippen LogP contribution in [0.5, 0.6) is 0 Å². The van der Waals surface area contributed by atoms with Crippen molar-refractivity contribution in [2.45, 2.75) is 59.8 Å². The van der Waals surface area contributed by atoms with Crippen LogP contribution in [-0.4, -0.2) is 0 Å². The molecule has 1 aliphatic rings. The van der Waals surface area contributed by atoms with Gasteiger partial charge in [-0.3, -0.25) is 0 Å². The molecule has 0 heterocycles. The van der Waals surface area contributed by atoms with Crippen LogP contribution in [0.2, 0.25) is 0 Å². The van der Waals surface area contributed by atoms with E-state index < -0.39 is 0 Å². The van der Waals surface area contributed by atoms with E-state index in [1.807, 2.05) is 13.8 Å². The maximum Gasteiger partial charge on any atom is -0.0318 e. The monoisotopic (exact) mass is 168 g/mol. The first-order chi connectivity index (χ1) is 5.83. The Balaban J connectivity index is 0.000000561. The van der Waals surface area contributed by atoms with Crippen molar-refractivity contribution >= 4 is 0 Å². The third-order valence-electron chi connectivity index (χ3n) is 2.34. The Hall–Kier alpha value is -0.260. The smallest absolute Gasteiger partial charge is 0.0318 e. The van der Waals surface area contributed by atoms with Crippen molar-refractivity contribution in [3.05, 3.63) is 11.6 Å². The molecule has 0 saturated carbocycles. The van der Waals surface area contributed by atoms with E-state index in [-0.39, 0.29) is 0 Å². The fourth-order valence-electron chi connectivity index (χ4n) is 1.57. The molecule has 0 saturated heterocycles. The van der Waals surface area contributed by atoms with Gasteiger partial charge in [-0.15, -0.1) is 0 Å². The molecule has 72 valence electrons. The molecular formula is C12H24. The Labute approximate surface area is 78.1 Å². The molecule has 12 heavy (non-hydrogen) atoms. The van der Waals surface area contributed by atoms with Crippen molar-refractivity contribution < 1.29 is 0 Å². The third-order valence-corrected chi connectivity index (χ3v) is 2.34. The number of hydrogen-bond donors (Lipinski definition) is 0. The quantitative estimate of drug-likeness (QED) is 0.530. The van der Waals surface area contributed by atoms with E-state index in [4.69, 9.17) is 0 Å². The molecule has 0 amide bonds. The highest BCUT2D eigenvalue weighted by Crippen LogP contribution is 2.25. The predicted octanol–water partition coefficient (Wildman–Crippen LogP) is 4.56. The lowest BCUT2D eigenvalue weighted by molar-refractivity contribution is 0.505. The van der Waals surface area contributed by atoms with E-state index in [1.165, 1.54) is 32.1 Å². The van der Waals surface area contributed by atoms with Crippen LogP contribution >= 0.6 is 0 Å². The molecule has 0 aromatic heterocycles. The molecule has 0 bridgehead atoms. The van der Waals surface area contributed by atoms with Gasteiger partial charge in [0.1, 0.15) is 0 Å². The van der Waals surface area contributed by atoms with Crippen molar-refractivity contribution in [2.75, 3.05) is 0 Å². The largest absolute Gasteiger partial charge is 0.0851 e. The highest BCUT2D eigenvalue weighted by molar-refractivity contribution is 5.05. The topological polar surface area (TPSA) is 0 Å². The molecule has 1 aliphatic carbocycles. The average Bonchev–Trinajstić information content (AvgIpc) is 2.13. The molecule has 0 heteroatoms. The summed E-state index contributed by atoms with van der Waals surface area (Å²) in [4.78, 5) is 0. The van der Waals surface area contributed by atoms with Gasteiger partial charge in [0.2, 0.25) is 0 Å². The van der Waals surface area contributed by atoms with Gasteiger partial charge in [0.25, 0.3) is 0 Å². The van der Waals surface area contributed by atoms with Crippen LogP contribution < -0.4 is 0 Å². The third kappa shape index (κ3) is 4.58. The fourth-order valence-corrected chi connectivity index (χ4v) is 1.57. The number of allylic oxidation sites excluding steroid dienone is 2. The first kappa shape index (κ1) is 11.7. The summed E-state index contributed by atoms with van der Waals surface area (Å²) < 4.78 is 0. The minimum atomic E-state index is 0.945. The molecule has 0 aromatic rings. The van der Waals surface area contributed by atoms with Gasteiger partial charge in [0.15, 0.2) is 0 Å². The summed E-state index contributed by atoms with van der Waals surface area (Å²) in [5.41, 5.74) is 1.71. The van der Waals surface area contributed by atoms with Crippen LogP contribution in [0.15, 0.2) is 11.6 Å². The lowest BCUT2D eigenvalue weighted by Gasteiger charge is -2.17. The lowest BCUT2D eigenvalue weighted by Crippen LogP contribution is -2.00. The predicted molar refractivity (Wildman–Crippen MR) is 57.4 cm³/mol. The fraction of sp³-hybridized carbons (Fsp3) is 0.833. The van der Waals surface area contributed by atoms with Gasteiger partial charge in [0.05, 0.1) is 0 Å². The molecule has 0 nitrogen and oxygen atoms in total. The zero-order chi connectivity index (χ0) is 9.40. The second kappa shape index (κ2) is 7.39. The molecule has 0 fully saturated rings. The average molecular weight is 168 g/mol. The van der Waals surface area contributed by atoms with Crippen molar-refractivity contribution in [2.24, 2.45) is 5.92 Å². The van der Waals surface area contributed by atoms with Crippen molar-refractivity contribution in [1.29, 1.82) is 0 Å². The van der Waals surface area contributed by atoms with Crippen molar-refractivity contribution in [3.8, 4) is 0 Å². The summed E-state index contributed by atoms with van der Waals surface area (Å²) in [6.45, 7) is 8.61. The highest BCUT2D eigenvalue weighted by Gasteiger charge is 2.08. The molecule has 1 unspecified atom stereocenters.